The van der Waals surface area contributed by atoms with Gasteiger partial charge in [-0.05, 0) is 52.0 Å². The number of urea groups is 1. The number of carbonyl (C=O) groups excluding carboxylic acids is 1. The van der Waals surface area contributed by atoms with Gasteiger partial charge in [0.05, 0.1) is 0 Å². The Hall–Kier alpha value is -0.420. The lowest BCUT2D eigenvalue weighted by Gasteiger charge is -2.21. The SMILES string of the molecule is CS[C@@H]1CC[C@@H](NC(=O)N2CC[C@@H](CN(C)C)C2)C1. The Kier molecular flexibility index (Phi) is 5.39. The molecule has 0 aromatic heterocycles. The molecule has 5 heteroatoms. The van der Waals surface area contributed by atoms with Crippen molar-refractivity contribution in [1.29, 1.82) is 0 Å². The average molecular weight is 285 g/mol. The van der Waals surface area contributed by atoms with Gasteiger partial charge in [-0.3, -0.25) is 0 Å². The molecule has 0 aromatic rings. The van der Waals surface area contributed by atoms with E-state index in [-0.39, 0.29) is 6.03 Å². The van der Waals surface area contributed by atoms with E-state index >= 15 is 0 Å². The van der Waals surface area contributed by atoms with Crippen LogP contribution >= 0.6 is 11.8 Å². The van der Waals surface area contributed by atoms with Gasteiger partial charge in [-0.2, -0.15) is 11.8 Å². The zero-order valence-corrected chi connectivity index (χ0v) is 13.2. The molecular weight excluding hydrogens is 258 g/mol. The number of amides is 2. The first kappa shape index (κ1) is 15.0. The maximum absolute atomic E-state index is 12.2. The highest BCUT2D eigenvalue weighted by Crippen LogP contribution is 2.28. The van der Waals surface area contributed by atoms with Crippen LogP contribution in [0, 0.1) is 5.92 Å². The lowest BCUT2D eigenvalue weighted by molar-refractivity contribution is 0.201. The Labute approximate surface area is 121 Å². The van der Waals surface area contributed by atoms with Crippen molar-refractivity contribution >= 4 is 17.8 Å². The molecule has 1 saturated heterocycles. The molecule has 110 valence electrons. The van der Waals surface area contributed by atoms with Crippen LogP contribution in [0.15, 0.2) is 0 Å². The molecular formula is C14H27N3OS. The molecule has 1 saturated carbocycles. The summed E-state index contributed by atoms with van der Waals surface area (Å²) in [4.78, 5) is 16.4. The van der Waals surface area contributed by atoms with Gasteiger partial charge in [0.2, 0.25) is 0 Å². The third kappa shape index (κ3) is 4.28. The predicted octanol–water partition coefficient (Wildman–Crippen LogP) is 1.86. The van der Waals surface area contributed by atoms with Crippen LogP contribution in [-0.4, -0.2) is 67.1 Å². The summed E-state index contributed by atoms with van der Waals surface area (Å²) in [7, 11) is 4.20. The number of hydrogen-bond donors (Lipinski definition) is 1. The van der Waals surface area contributed by atoms with Gasteiger partial charge in [-0.25, -0.2) is 4.79 Å². The summed E-state index contributed by atoms with van der Waals surface area (Å²) in [6.07, 6.45) is 6.84. The average Bonchev–Trinajstić information content (AvgIpc) is 2.97. The molecule has 0 bridgehead atoms. The maximum atomic E-state index is 12.2. The summed E-state index contributed by atoms with van der Waals surface area (Å²) in [5.41, 5.74) is 0. The number of nitrogens with zero attached hydrogens (tertiary/aromatic N) is 2. The fraction of sp³-hybridized carbons (Fsp3) is 0.929. The molecule has 1 heterocycles. The van der Waals surface area contributed by atoms with Crippen molar-refractivity contribution in [3.63, 3.8) is 0 Å². The first-order valence-electron chi connectivity index (χ1n) is 7.31. The van der Waals surface area contributed by atoms with Gasteiger partial charge in [0, 0.05) is 30.9 Å². The van der Waals surface area contributed by atoms with Gasteiger partial charge in [0.25, 0.3) is 0 Å². The number of likely N-dealkylation sites (tertiary alicyclic amines) is 1. The van der Waals surface area contributed by atoms with E-state index in [1.54, 1.807) is 0 Å². The fourth-order valence-electron chi connectivity index (χ4n) is 3.23. The lowest BCUT2D eigenvalue weighted by Crippen LogP contribution is -2.43. The summed E-state index contributed by atoms with van der Waals surface area (Å²) < 4.78 is 0. The van der Waals surface area contributed by atoms with E-state index in [2.05, 4.69) is 30.6 Å². The molecule has 0 unspecified atom stereocenters. The van der Waals surface area contributed by atoms with Gasteiger partial charge in [0.15, 0.2) is 0 Å². The standard InChI is InChI=1S/C14H27N3OS/c1-16(2)9-11-6-7-17(10-11)14(18)15-12-4-5-13(8-12)19-3/h11-13H,4-10H2,1-3H3,(H,15,18)/t11-,12+,13+/m0/s1. The Morgan fingerprint density at radius 3 is 2.79 bits per heavy atom. The van der Waals surface area contributed by atoms with Gasteiger partial charge >= 0.3 is 6.03 Å². The molecule has 1 N–H and O–H groups in total. The lowest BCUT2D eigenvalue weighted by atomic mass is 10.1. The minimum atomic E-state index is 0.160. The second-order valence-electron chi connectivity index (χ2n) is 6.18. The van der Waals surface area contributed by atoms with E-state index < -0.39 is 0 Å². The normalized spacial score (nSPS) is 31.2. The zero-order chi connectivity index (χ0) is 13.8. The quantitative estimate of drug-likeness (QED) is 0.856. The molecule has 1 aliphatic heterocycles. The topological polar surface area (TPSA) is 35.6 Å². The van der Waals surface area contributed by atoms with Crippen molar-refractivity contribution in [2.24, 2.45) is 5.92 Å². The second kappa shape index (κ2) is 6.84. The first-order valence-corrected chi connectivity index (χ1v) is 8.60. The van der Waals surface area contributed by atoms with Crippen molar-refractivity contribution in [3.8, 4) is 0 Å². The largest absolute Gasteiger partial charge is 0.335 e. The molecule has 2 amide bonds. The summed E-state index contributed by atoms with van der Waals surface area (Å²) in [5.74, 6) is 0.642. The number of nitrogens with one attached hydrogen (secondary N) is 1. The van der Waals surface area contributed by atoms with Crippen LogP contribution in [0.1, 0.15) is 25.7 Å². The van der Waals surface area contributed by atoms with Crippen molar-refractivity contribution < 1.29 is 4.79 Å². The Morgan fingerprint density at radius 1 is 1.37 bits per heavy atom. The van der Waals surface area contributed by atoms with Crippen LogP contribution in [0.3, 0.4) is 0 Å². The maximum Gasteiger partial charge on any atom is 0.317 e. The van der Waals surface area contributed by atoms with Gasteiger partial charge < -0.3 is 15.1 Å². The molecule has 0 spiro atoms. The molecule has 3 atom stereocenters. The molecule has 2 fully saturated rings. The van der Waals surface area contributed by atoms with Crippen LogP contribution in [0.4, 0.5) is 4.79 Å². The Balaban J connectivity index is 1.72. The van der Waals surface area contributed by atoms with Crippen LogP contribution in [0.25, 0.3) is 0 Å². The molecule has 1 aliphatic carbocycles. The van der Waals surface area contributed by atoms with Gasteiger partial charge in [-0.1, -0.05) is 0 Å². The van der Waals surface area contributed by atoms with Crippen molar-refractivity contribution in [2.45, 2.75) is 37.0 Å². The Bertz CT molecular complexity index is 311. The molecule has 0 radical (unpaired) electrons. The predicted molar refractivity (Wildman–Crippen MR) is 81.7 cm³/mol. The van der Waals surface area contributed by atoms with E-state index in [4.69, 9.17) is 0 Å². The van der Waals surface area contributed by atoms with Gasteiger partial charge in [-0.15, -0.1) is 0 Å². The summed E-state index contributed by atoms with van der Waals surface area (Å²) in [6.45, 7) is 2.92. The highest BCUT2D eigenvalue weighted by Gasteiger charge is 2.30. The molecule has 2 rings (SSSR count). The van der Waals surface area contributed by atoms with E-state index in [0.717, 1.165) is 44.1 Å². The number of hydrogen-bond acceptors (Lipinski definition) is 3. The summed E-state index contributed by atoms with van der Waals surface area (Å²) in [6, 6.07) is 0.561. The molecule has 19 heavy (non-hydrogen) atoms. The highest BCUT2D eigenvalue weighted by atomic mass is 32.2. The minimum Gasteiger partial charge on any atom is -0.335 e. The monoisotopic (exact) mass is 285 g/mol. The van der Waals surface area contributed by atoms with Gasteiger partial charge in [0.1, 0.15) is 0 Å². The fourth-order valence-corrected chi connectivity index (χ4v) is 4.03. The minimum absolute atomic E-state index is 0.160. The van der Waals surface area contributed by atoms with Crippen molar-refractivity contribution in [1.82, 2.24) is 15.1 Å². The second-order valence-corrected chi connectivity index (χ2v) is 7.32. The molecule has 0 aromatic carbocycles. The smallest absolute Gasteiger partial charge is 0.317 e. The first-order chi connectivity index (χ1) is 9.08. The van der Waals surface area contributed by atoms with Crippen molar-refractivity contribution in [2.75, 3.05) is 40.0 Å². The highest BCUT2D eigenvalue weighted by molar-refractivity contribution is 7.99. The molecule has 4 nitrogen and oxygen atoms in total. The van der Waals surface area contributed by atoms with E-state index in [0.29, 0.717) is 12.0 Å². The zero-order valence-electron chi connectivity index (χ0n) is 12.4. The number of thioether (sulfide) groups is 1. The van der Waals surface area contributed by atoms with E-state index in [1.165, 1.54) is 6.42 Å². The van der Waals surface area contributed by atoms with E-state index in [1.807, 2.05) is 16.7 Å². The van der Waals surface area contributed by atoms with Crippen LogP contribution in [0.5, 0.6) is 0 Å². The van der Waals surface area contributed by atoms with Crippen LogP contribution in [0.2, 0.25) is 0 Å². The number of carbonyl (C=O) groups is 1. The van der Waals surface area contributed by atoms with Crippen LogP contribution in [-0.2, 0) is 0 Å². The third-order valence-corrected chi connectivity index (χ3v) is 5.34. The van der Waals surface area contributed by atoms with E-state index in [9.17, 15) is 4.79 Å². The Morgan fingerprint density at radius 2 is 2.16 bits per heavy atom. The third-order valence-electron chi connectivity index (χ3n) is 4.24. The van der Waals surface area contributed by atoms with Crippen LogP contribution < -0.4 is 5.32 Å². The summed E-state index contributed by atoms with van der Waals surface area (Å²) in [5, 5.41) is 3.96. The molecule has 2 aliphatic rings. The van der Waals surface area contributed by atoms with Crippen molar-refractivity contribution in [3.05, 3.63) is 0 Å². The summed E-state index contributed by atoms with van der Waals surface area (Å²) >= 11 is 1.93. The number of rotatable bonds is 4.